The number of pyridine rings is 1. The van der Waals surface area contributed by atoms with Gasteiger partial charge in [-0.1, -0.05) is 33.3 Å². The van der Waals surface area contributed by atoms with Crippen molar-refractivity contribution in [1.29, 1.82) is 0 Å². The second-order valence-corrected chi connectivity index (χ2v) is 6.31. The smallest absolute Gasteiger partial charge is 0.315 e. The fourth-order valence-electron chi connectivity index (χ4n) is 2.73. The van der Waals surface area contributed by atoms with Gasteiger partial charge in [0.15, 0.2) is 11.5 Å². The van der Waals surface area contributed by atoms with Gasteiger partial charge in [-0.2, -0.15) is 0 Å². The van der Waals surface area contributed by atoms with Gasteiger partial charge in [0.25, 0.3) is 0 Å². The number of hydrogen-bond donors (Lipinski definition) is 3. The average molecular weight is 333 g/mol. The zero-order chi connectivity index (χ0) is 17.5. The van der Waals surface area contributed by atoms with Crippen molar-refractivity contribution in [3.05, 3.63) is 30.2 Å². The predicted octanol–water partition coefficient (Wildman–Crippen LogP) is 2.28. The molecule has 2 unspecified atom stereocenters. The zero-order valence-corrected chi connectivity index (χ0v) is 14.6. The Labute approximate surface area is 142 Å². The molecule has 24 heavy (non-hydrogen) atoms. The number of aliphatic hydroxyl groups excluding tert-OH is 1. The van der Waals surface area contributed by atoms with Gasteiger partial charge in [-0.3, -0.25) is 4.40 Å². The van der Waals surface area contributed by atoms with Crippen LogP contribution in [0.2, 0.25) is 0 Å². The molecule has 0 aliphatic heterocycles. The maximum atomic E-state index is 12.4. The molecule has 0 aliphatic carbocycles. The van der Waals surface area contributed by atoms with Crippen LogP contribution in [-0.2, 0) is 0 Å². The molecule has 2 amide bonds. The van der Waals surface area contributed by atoms with Gasteiger partial charge in [0.2, 0.25) is 0 Å². The molecular formula is C17H27N5O2. The molecule has 2 aromatic heterocycles. The van der Waals surface area contributed by atoms with E-state index >= 15 is 0 Å². The lowest BCUT2D eigenvalue weighted by atomic mass is 10.0. The van der Waals surface area contributed by atoms with Crippen molar-refractivity contribution in [2.75, 3.05) is 6.61 Å². The highest BCUT2D eigenvalue weighted by Crippen LogP contribution is 2.18. The molecule has 0 spiro atoms. The maximum absolute atomic E-state index is 12.4. The number of urea groups is 1. The van der Waals surface area contributed by atoms with E-state index in [2.05, 4.69) is 27.8 Å². The van der Waals surface area contributed by atoms with Crippen LogP contribution in [0.1, 0.15) is 51.9 Å². The summed E-state index contributed by atoms with van der Waals surface area (Å²) in [6.45, 7) is 6.17. The number of rotatable bonds is 8. The molecule has 0 radical (unpaired) electrons. The SMILES string of the molecule is CCCC(NC(=O)NC(CCO)C(C)C)c1nnc2ccccn12. The van der Waals surface area contributed by atoms with Crippen LogP contribution in [-0.4, -0.2) is 38.4 Å². The third kappa shape index (κ3) is 4.44. The first-order valence-corrected chi connectivity index (χ1v) is 8.54. The van der Waals surface area contributed by atoms with Crippen molar-refractivity contribution in [2.24, 2.45) is 5.92 Å². The lowest BCUT2D eigenvalue weighted by Crippen LogP contribution is -2.46. The van der Waals surface area contributed by atoms with Gasteiger partial charge in [-0.05, 0) is 30.9 Å². The molecule has 0 bridgehead atoms. The molecule has 2 rings (SSSR count). The summed E-state index contributed by atoms with van der Waals surface area (Å²) in [5.41, 5.74) is 0.760. The van der Waals surface area contributed by atoms with Crippen molar-refractivity contribution in [2.45, 2.75) is 52.1 Å². The molecule has 7 nitrogen and oxygen atoms in total. The molecule has 0 aliphatic rings. The summed E-state index contributed by atoms with van der Waals surface area (Å²) < 4.78 is 1.90. The molecule has 132 valence electrons. The van der Waals surface area contributed by atoms with Crippen LogP contribution in [0.4, 0.5) is 4.79 Å². The van der Waals surface area contributed by atoms with Crippen LogP contribution in [0.25, 0.3) is 5.65 Å². The molecule has 2 atom stereocenters. The molecule has 2 heterocycles. The summed E-state index contributed by atoms with van der Waals surface area (Å²) >= 11 is 0. The van der Waals surface area contributed by atoms with Gasteiger partial charge >= 0.3 is 6.03 Å². The second-order valence-electron chi connectivity index (χ2n) is 6.31. The predicted molar refractivity (Wildman–Crippen MR) is 92.6 cm³/mol. The first-order valence-electron chi connectivity index (χ1n) is 8.54. The van der Waals surface area contributed by atoms with Crippen LogP contribution in [0, 0.1) is 5.92 Å². The monoisotopic (exact) mass is 333 g/mol. The number of amides is 2. The van der Waals surface area contributed by atoms with Crippen LogP contribution >= 0.6 is 0 Å². The van der Waals surface area contributed by atoms with E-state index in [1.807, 2.05) is 42.6 Å². The molecule has 0 saturated carbocycles. The highest BCUT2D eigenvalue weighted by Gasteiger charge is 2.22. The standard InChI is InChI=1S/C17H27N5O2/c1-4-7-14(16-21-20-15-8-5-6-10-22(15)16)19-17(24)18-13(9-11-23)12(2)3/h5-6,8,10,12-14,23H,4,7,9,11H2,1-3H3,(H2,18,19,24). The highest BCUT2D eigenvalue weighted by atomic mass is 16.3. The Morgan fingerprint density at radius 2 is 2.04 bits per heavy atom. The number of nitrogens with one attached hydrogen (secondary N) is 2. The average Bonchev–Trinajstić information content (AvgIpc) is 2.98. The van der Waals surface area contributed by atoms with Crippen molar-refractivity contribution < 1.29 is 9.90 Å². The molecule has 0 aromatic carbocycles. The summed E-state index contributed by atoms with van der Waals surface area (Å²) in [6.07, 6.45) is 4.12. The number of aliphatic hydroxyl groups is 1. The van der Waals surface area contributed by atoms with E-state index in [1.54, 1.807) is 0 Å². The van der Waals surface area contributed by atoms with Gasteiger partial charge in [-0.15, -0.1) is 10.2 Å². The number of hydrogen-bond acceptors (Lipinski definition) is 4. The summed E-state index contributed by atoms with van der Waals surface area (Å²) in [6, 6.07) is 5.19. The van der Waals surface area contributed by atoms with Crippen LogP contribution in [0.3, 0.4) is 0 Å². The molecule has 3 N–H and O–H groups in total. The molecule has 0 saturated heterocycles. The molecule has 0 fully saturated rings. The largest absolute Gasteiger partial charge is 0.396 e. The Morgan fingerprint density at radius 3 is 2.71 bits per heavy atom. The van der Waals surface area contributed by atoms with Gasteiger partial charge < -0.3 is 15.7 Å². The van der Waals surface area contributed by atoms with Gasteiger partial charge in [0.05, 0.1) is 6.04 Å². The number of carbonyl (C=O) groups is 1. The normalized spacial score (nSPS) is 13.9. The minimum absolute atomic E-state index is 0.0519. The Kier molecular flexibility index (Phi) is 6.54. The van der Waals surface area contributed by atoms with Gasteiger partial charge in [0.1, 0.15) is 0 Å². The Balaban J connectivity index is 2.12. The Bertz CT molecular complexity index is 655. The molecule has 2 aromatic rings. The fraction of sp³-hybridized carbons (Fsp3) is 0.588. The third-order valence-corrected chi connectivity index (χ3v) is 4.10. The Hall–Kier alpha value is -2.15. The van der Waals surface area contributed by atoms with E-state index in [4.69, 9.17) is 5.11 Å². The summed E-state index contributed by atoms with van der Waals surface area (Å²) in [5.74, 6) is 0.979. The number of nitrogens with zero attached hydrogens (tertiary/aromatic N) is 3. The second kappa shape index (κ2) is 8.63. The fourth-order valence-corrected chi connectivity index (χ4v) is 2.73. The van der Waals surface area contributed by atoms with Crippen molar-refractivity contribution in [3.8, 4) is 0 Å². The van der Waals surface area contributed by atoms with E-state index in [0.717, 1.165) is 24.3 Å². The Morgan fingerprint density at radius 1 is 1.25 bits per heavy atom. The molecular weight excluding hydrogens is 306 g/mol. The lowest BCUT2D eigenvalue weighted by Gasteiger charge is -2.24. The van der Waals surface area contributed by atoms with Crippen LogP contribution in [0.5, 0.6) is 0 Å². The lowest BCUT2D eigenvalue weighted by molar-refractivity contribution is 0.215. The first kappa shape index (κ1) is 18.2. The number of carbonyl (C=O) groups excluding carboxylic acids is 1. The van der Waals surface area contributed by atoms with E-state index in [9.17, 15) is 4.79 Å². The minimum Gasteiger partial charge on any atom is -0.396 e. The van der Waals surface area contributed by atoms with E-state index in [0.29, 0.717) is 6.42 Å². The number of fused-ring (bicyclic) bond motifs is 1. The molecule has 7 heteroatoms. The number of aromatic nitrogens is 3. The van der Waals surface area contributed by atoms with E-state index in [1.165, 1.54) is 0 Å². The van der Waals surface area contributed by atoms with Crippen molar-refractivity contribution in [1.82, 2.24) is 25.2 Å². The third-order valence-electron chi connectivity index (χ3n) is 4.10. The van der Waals surface area contributed by atoms with Crippen molar-refractivity contribution >= 4 is 11.7 Å². The highest BCUT2D eigenvalue weighted by molar-refractivity contribution is 5.74. The summed E-state index contributed by atoms with van der Waals surface area (Å²) in [5, 5.41) is 23.5. The van der Waals surface area contributed by atoms with Gasteiger partial charge in [-0.25, -0.2) is 4.79 Å². The van der Waals surface area contributed by atoms with Gasteiger partial charge in [0, 0.05) is 18.8 Å². The van der Waals surface area contributed by atoms with Crippen LogP contribution < -0.4 is 10.6 Å². The minimum atomic E-state index is -0.242. The quantitative estimate of drug-likeness (QED) is 0.691. The summed E-state index contributed by atoms with van der Waals surface area (Å²) in [7, 11) is 0. The maximum Gasteiger partial charge on any atom is 0.315 e. The first-order chi connectivity index (χ1) is 11.6. The zero-order valence-electron chi connectivity index (χ0n) is 14.6. The summed E-state index contributed by atoms with van der Waals surface area (Å²) in [4.78, 5) is 12.4. The van der Waals surface area contributed by atoms with E-state index in [-0.39, 0.29) is 30.6 Å². The van der Waals surface area contributed by atoms with Crippen LogP contribution in [0.15, 0.2) is 24.4 Å². The van der Waals surface area contributed by atoms with Crippen molar-refractivity contribution in [3.63, 3.8) is 0 Å². The topological polar surface area (TPSA) is 91.5 Å². The van der Waals surface area contributed by atoms with E-state index < -0.39 is 0 Å².